The van der Waals surface area contributed by atoms with Crippen LogP contribution < -0.4 is 4.90 Å². The maximum atomic E-state index is 12.5. The van der Waals surface area contributed by atoms with Crippen LogP contribution in [0.3, 0.4) is 0 Å². The summed E-state index contributed by atoms with van der Waals surface area (Å²) in [5.74, 6) is -0.164. The molecule has 104 valence electrons. The van der Waals surface area contributed by atoms with E-state index in [0.29, 0.717) is 4.91 Å². The third kappa shape index (κ3) is 2.60. The average molecular weight is 295 g/mol. The molecule has 1 aliphatic rings. The summed E-state index contributed by atoms with van der Waals surface area (Å²) in [6.45, 7) is 1.93. The van der Waals surface area contributed by atoms with Gasteiger partial charge in [0.1, 0.15) is 0 Å². The molecule has 1 amide bonds. The minimum absolute atomic E-state index is 0.164. The molecule has 1 aromatic heterocycles. The number of carbonyl (C=O) groups is 1. The van der Waals surface area contributed by atoms with Crippen molar-refractivity contribution in [1.82, 2.24) is 4.98 Å². The van der Waals surface area contributed by atoms with Crippen LogP contribution in [0, 0.1) is 12.3 Å². The van der Waals surface area contributed by atoms with E-state index in [0.717, 1.165) is 16.8 Å². The summed E-state index contributed by atoms with van der Waals surface area (Å²) in [5.41, 5.74) is 2.58. The van der Waals surface area contributed by atoms with Crippen LogP contribution >= 0.6 is 11.8 Å². The lowest BCUT2D eigenvalue weighted by Crippen LogP contribution is -2.28. The Bertz CT molecular complexity index is 740. The lowest BCUT2D eigenvalue weighted by molar-refractivity contribution is -0.113. The molecule has 0 spiro atoms. The quantitative estimate of drug-likeness (QED) is 0.863. The maximum absolute atomic E-state index is 12.5. The second-order valence-electron chi connectivity index (χ2n) is 4.63. The topological polar surface area (TPSA) is 57.1 Å². The van der Waals surface area contributed by atoms with E-state index < -0.39 is 0 Å². The van der Waals surface area contributed by atoms with Crippen molar-refractivity contribution < 1.29 is 4.79 Å². The second-order valence-corrected chi connectivity index (χ2v) is 5.66. The highest BCUT2D eigenvalue weighted by atomic mass is 32.2. The molecule has 1 aliphatic heterocycles. The summed E-state index contributed by atoms with van der Waals surface area (Å²) in [4.78, 5) is 18.6. The number of para-hydroxylation sites is 1. The molecule has 0 atom stereocenters. The van der Waals surface area contributed by atoms with Gasteiger partial charge in [0, 0.05) is 12.4 Å². The zero-order valence-electron chi connectivity index (χ0n) is 11.4. The van der Waals surface area contributed by atoms with E-state index in [1.807, 2.05) is 43.3 Å². The highest BCUT2D eigenvalue weighted by Crippen LogP contribution is 2.36. The molecule has 5 heteroatoms. The zero-order valence-corrected chi connectivity index (χ0v) is 12.2. The molecular weight excluding hydrogens is 282 g/mol. The normalized spacial score (nSPS) is 16.8. The van der Waals surface area contributed by atoms with E-state index in [2.05, 4.69) is 4.98 Å². The fourth-order valence-corrected chi connectivity index (χ4v) is 2.99. The Kier molecular flexibility index (Phi) is 3.58. The van der Waals surface area contributed by atoms with Gasteiger partial charge in [0.2, 0.25) is 0 Å². The number of aryl methyl sites for hydroxylation is 1. The lowest BCUT2D eigenvalue weighted by atomic mass is 10.2. The minimum atomic E-state index is -0.164. The Hall–Kier alpha value is -2.40. The van der Waals surface area contributed by atoms with Gasteiger partial charge in [-0.25, -0.2) is 0 Å². The van der Waals surface area contributed by atoms with Crippen molar-refractivity contribution >= 4 is 34.6 Å². The molecular formula is C16H13N3OS. The molecule has 4 nitrogen and oxygen atoms in total. The Balaban J connectivity index is 1.97. The van der Waals surface area contributed by atoms with E-state index in [9.17, 15) is 4.79 Å². The first-order chi connectivity index (χ1) is 10.2. The van der Waals surface area contributed by atoms with Crippen molar-refractivity contribution in [3.8, 4) is 0 Å². The third-order valence-electron chi connectivity index (χ3n) is 3.16. The van der Waals surface area contributed by atoms with E-state index in [1.54, 1.807) is 18.5 Å². The van der Waals surface area contributed by atoms with Crippen LogP contribution in [0.15, 0.2) is 53.7 Å². The standard InChI is InChI=1S/C16H13N3OS/c1-11-5-2-3-7-13(11)19-15(20)14(21-16(19)17)9-12-6-4-8-18-10-12/h2-10,17H,1H3/b14-9-,17-16?. The summed E-state index contributed by atoms with van der Waals surface area (Å²) in [5, 5.41) is 8.30. The fourth-order valence-electron chi connectivity index (χ4n) is 2.13. The van der Waals surface area contributed by atoms with Gasteiger partial charge in [-0.1, -0.05) is 24.3 Å². The number of hydrogen-bond donors (Lipinski definition) is 1. The zero-order chi connectivity index (χ0) is 14.8. The Morgan fingerprint density at radius 1 is 1.24 bits per heavy atom. The molecule has 1 saturated heterocycles. The third-order valence-corrected chi connectivity index (χ3v) is 4.05. The van der Waals surface area contributed by atoms with Crippen molar-refractivity contribution in [2.75, 3.05) is 4.90 Å². The number of hydrogen-bond acceptors (Lipinski definition) is 4. The van der Waals surface area contributed by atoms with Gasteiger partial charge in [-0.3, -0.25) is 20.1 Å². The van der Waals surface area contributed by atoms with E-state index in [1.165, 1.54) is 16.7 Å². The molecule has 0 aliphatic carbocycles. The van der Waals surface area contributed by atoms with Gasteiger partial charge in [0.15, 0.2) is 5.17 Å². The Morgan fingerprint density at radius 3 is 2.76 bits per heavy atom. The summed E-state index contributed by atoms with van der Waals surface area (Å²) >= 11 is 1.17. The lowest BCUT2D eigenvalue weighted by Gasteiger charge is -2.16. The number of pyridine rings is 1. The number of amides is 1. The van der Waals surface area contributed by atoms with Crippen molar-refractivity contribution in [2.24, 2.45) is 0 Å². The molecule has 2 heterocycles. The number of amidine groups is 1. The second kappa shape index (κ2) is 5.54. The average Bonchev–Trinajstić information content (AvgIpc) is 2.76. The summed E-state index contributed by atoms with van der Waals surface area (Å²) in [7, 11) is 0. The van der Waals surface area contributed by atoms with Gasteiger partial charge in [0.05, 0.1) is 10.6 Å². The SMILES string of the molecule is Cc1ccccc1N1C(=N)S/C(=C\c2cccnc2)C1=O. The van der Waals surface area contributed by atoms with Crippen LogP contribution in [0.4, 0.5) is 5.69 Å². The van der Waals surface area contributed by atoms with Gasteiger partial charge in [-0.05, 0) is 48.0 Å². The number of benzene rings is 1. The number of anilines is 1. The number of thioether (sulfide) groups is 1. The summed E-state index contributed by atoms with van der Waals surface area (Å²) < 4.78 is 0. The number of nitrogens with one attached hydrogen (secondary N) is 1. The molecule has 0 unspecified atom stereocenters. The van der Waals surface area contributed by atoms with E-state index >= 15 is 0 Å². The first kappa shape index (κ1) is 13.6. The number of nitrogens with zero attached hydrogens (tertiary/aromatic N) is 2. The molecule has 0 radical (unpaired) electrons. The first-order valence-electron chi connectivity index (χ1n) is 6.45. The number of aromatic nitrogens is 1. The Labute approximate surface area is 127 Å². The molecule has 1 fully saturated rings. The molecule has 1 aromatic carbocycles. The predicted octanol–water partition coefficient (Wildman–Crippen LogP) is 3.45. The van der Waals surface area contributed by atoms with Gasteiger partial charge in [-0.2, -0.15) is 0 Å². The van der Waals surface area contributed by atoms with Gasteiger partial charge >= 0.3 is 0 Å². The number of rotatable bonds is 2. The van der Waals surface area contributed by atoms with Crippen LogP contribution in [0.2, 0.25) is 0 Å². The smallest absolute Gasteiger partial charge is 0.271 e. The van der Waals surface area contributed by atoms with Crippen molar-refractivity contribution in [2.45, 2.75) is 6.92 Å². The molecule has 2 aromatic rings. The van der Waals surface area contributed by atoms with E-state index in [-0.39, 0.29) is 11.1 Å². The highest BCUT2D eigenvalue weighted by molar-refractivity contribution is 8.19. The largest absolute Gasteiger partial charge is 0.278 e. The molecule has 1 N–H and O–H groups in total. The van der Waals surface area contributed by atoms with Crippen molar-refractivity contribution in [3.05, 3.63) is 64.8 Å². The van der Waals surface area contributed by atoms with E-state index in [4.69, 9.17) is 5.41 Å². The molecule has 0 saturated carbocycles. The fraction of sp³-hybridized carbons (Fsp3) is 0.0625. The molecule has 3 rings (SSSR count). The van der Waals surface area contributed by atoms with Gasteiger partial charge in [-0.15, -0.1) is 0 Å². The summed E-state index contributed by atoms with van der Waals surface area (Å²) in [6.07, 6.45) is 5.15. The number of carbonyl (C=O) groups excluding carboxylic acids is 1. The van der Waals surface area contributed by atoms with Crippen LogP contribution in [0.25, 0.3) is 6.08 Å². The first-order valence-corrected chi connectivity index (χ1v) is 7.26. The minimum Gasteiger partial charge on any atom is -0.278 e. The highest BCUT2D eigenvalue weighted by Gasteiger charge is 2.34. The monoisotopic (exact) mass is 295 g/mol. The van der Waals surface area contributed by atoms with Gasteiger partial charge < -0.3 is 0 Å². The van der Waals surface area contributed by atoms with Crippen LogP contribution in [0.1, 0.15) is 11.1 Å². The molecule has 0 bridgehead atoms. The van der Waals surface area contributed by atoms with Crippen molar-refractivity contribution in [3.63, 3.8) is 0 Å². The van der Waals surface area contributed by atoms with Crippen LogP contribution in [-0.4, -0.2) is 16.1 Å². The van der Waals surface area contributed by atoms with Crippen LogP contribution in [0.5, 0.6) is 0 Å². The van der Waals surface area contributed by atoms with Crippen LogP contribution in [-0.2, 0) is 4.79 Å². The van der Waals surface area contributed by atoms with Gasteiger partial charge in [0.25, 0.3) is 5.91 Å². The molecule has 21 heavy (non-hydrogen) atoms. The summed E-state index contributed by atoms with van der Waals surface area (Å²) in [6, 6.07) is 11.3. The maximum Gasteiger partial charge on any atom is 0.271 e. The Morgan fingerprint density at radius 2 is 2.05 bits per heavy atom. The predicted molar refractivity (Wildman–Crippen MR) is 86.2 cm³/mol. The van der Waals surface area contributed by atoms with Crippen molar-refractivity contribution in [1.29, 1.82) is 5.41 Å².